The van der Waals surface area contributed by atoms with Gasteiger partial charge >= 0.3 is 0 Å². The van der Waals surface area contributed by atoms with Crippen molar-refractivity contribution in [2.24, 2.45) is 5.92 Å². The summed E-state index contributed by atoms with van der Waals surface area (Å²) in [5, 5.41) is 3.01. The molecule has 0 bridgehead atoms. The number of nitrogens with one attached hydrogen (secondary N) is 1. The summed E-state index contributed by atoms with van der Waals surface area (Å²) in [6.45, 7) is 2.87. The van der Waals surface area contributed by atoms with Crippen molar-refractivity contribution in [1.29, 1.82) is 0 Å². The number of amides is 2. The van der Waals surface area contributed by atoms with Crippen molar-refractivity contribution in [3.8, 4) is 11.5 Å². The Kier molecular flexibility index (Phi) is 6.40. The van der Waals surface area contributed by atoms with Crippen LogP contribution in [0.4, 0.5) is 4.39 Å². The van der Waals surface area contributed by atoms with E-state index < -0.39 is 5.82 Å². The Balaban J connectivity index is 1.32. The normalized spacial score (nSPS) is 18.9. The lowest BCUT2D eigenvalue weighted by Crippen LogP contribution is -2.46. The molecule has 2 amide bonds. The topological polar surface area (TPSA) is 67.9 Å². The number of likely N-dealkylation sites (tertiary alicyclic amines) is 1. The third kappa shape index (κ3) is 4.99. The van der Waals surface area contributed by atoms with Gasteiger partial charge in [0.15, 0.2) is 11.5 Å². The maximum absolute atomic E-state index is 13.5. The molecule has 0 saturated carbocycles. The van der Waals surface area contributed by atoms with Crippen LogP contribution >= 0.6 is 0 Å². The molecule has 0 aliphatic carbocycles. The van der Waals surface area contributed by atoms with E-state index in [9.17, 15) is 14.0 Å². The third-order valence-electron chi connectivity index (χ3n) is 6.64. The molecule has 180 valence electrons. The molecule has 3 aromatic carbocycles. The van der Waals surface area contributed by atoms with Crippen molar-refractivity contribution < 1.29 is 23.5 Å². The Morgan fingerprint density at radius 1 is 1.00 bits per heavy atom. The minimum atomic E-state index is -0.392. The van der Waals surface area contributed by atoms with Gasteiger partial charge in [0.05, 0.1) is 12.0 Å². The fraction of sp³-hybridized carbons (Fsp3) is 0.286. The quantitative estimate of drug-likeness (QED) is 0.578. The van der Waals surface area contributed by atoms with E-state index in [1.807, 2.05) is 43.3 Å². The van der Waals surface area contributed by atoms with Gasteiger partial charge in [0, 0.05) is 18.7 Å². The summed E-state index contributed by atoms with van der Waals surface area (Å²) in [5.41, 5.74) is 3.47. The van der Waals surface area contributed by atoms with Crippen molar-refractivity contribution in [3.63, 3.8) is 0 Å². The molecule has 2 aliphatic heterocycles. The number of fused-ring (bicyclic) bond motifs is 1. The van der Waals surface area contributed by atoms with Gasteiger partial charge in [-0.2, -0.15) is 0 Å². The molecular formula is C28H27FN2O4. The number of benzene rings is 3. The summed E-state index contributed by atoms with van der Waals surface area (Å²) in [6, 6.07) is 19.1. The molecule has 1 fully saturated rings. The predicted molar refractivity (Wildman–Crippen MR) is 128 cm³/mol. The molecular weight excluding hydrogens is 447 g/mol. The van der Waals surface area contributed by atoms with Gasteiger partial charge in [-0.25, -0.2) is 4.39 Å². The average Bonchev–Trinajstić information content (AvgIpc) is 3.35. The second kappa shape index (κ2) is 9.78. The number of halogens is 1. The van der Waals surface area contributed by atoms with E-state index in [1.54, 1.807) is 4.90 Å². The monoisotopic (exact) mass is 474 g/mol. The number of carbonyl (C=O) groups is 2. The Bertz CT molecular complexity index is 1240. The average molecular weight is 475 g/mol. The van der Waals surface area contributed by atoms with Crippen LogP contribution in [0.25, 0.3) is 0 Å². The molecule has 2 atom stereocenters. The van der Waals surface area contributed by atoms with Crippen LogP contribution in [-0.4, -0.2) is 30.1 Å². The zero-order valence-corrected chi connectivity index (χ0v) is 19.5. The SMILES string of the molecule is Cc1cccc(C2CCC(C(=O)NCc3ccc4c(c3)OCO4)CN2C(=O)c2ccc(F)cc2)c1. The minimum absolute atomic E-state index is 0.0951. The van der Waals surface area contributed by atoms with Crippen LogP contribution in [-0.2, 0) is 11.3 Å². The van der Waals surface area contributed by atoms with E-state index >= 15 is 0 Å². The number of ether oxygens (including phenoxy) is 2. The molecule has 6 nitrogen and oxygen atoms in total. The number of aryl methyl sites for hydroxylation is 1. The Morgan fingerprint density at radius 3 is 2.60 bits per heavy atom. The molecule has 3 aromatic rings. The number of piperidine rings is 1. The van der Waals surface area contributed by atoms with Gasteiger partial charge in [0.2, 0.25) is 12.7 Å². The van der Waals surface area contributed by atoms with Gasteiger partial charge in [-0.05, 0) is 67.3 Å². The second-order valence-electron chi connectivity index (χ2n) is 9.07. The van der Waals surface area contributed by atoms with Crippen molar-refractivity contribution >= 4 is 11.8 Å². The molecule has 35 heavy (non-hydrogen) atoms. The third-order valence-corrected chi connectivity index (χ3v) is 6.64. The van der Waals surface area contributed by atoms with Crippen LogP contribution in [0.15, 0.2) is 66.7 Å². The molecule has 5 rings (SSSR count). The summed E-state index contributed by atoms with van der Waals surface area (Å²) in [6.07, 6.45) is 1.33. The summed E-state index contributed by atoms with van der Waals surface area (Å²) < 4.78 is 24.2. The summed E-state index contributed by atoms with van der Waals surface area (Å²) in [4.78, 5) is 28.3. The lowest BCUT2D eigenvalue weighted by Gasteiger charge is -2.39. The standard InChI is InChI=1S/C28H27FN2O4/c1-18-3-2-4-21(13-18)24-11-8-22(16-31(24)28(33)20-6-9-23(29)10-7-20)27(32)30-15-19-5-12-25-26(14-19)35-17-34-25/h2-7,9-10,12-14,22,24H,8,11,15-17H2,1H3,(H,30,32). The number of hydrogen-bond donors (Lipinski definition) is 1. The van der Waals surface area contributed by atoms with Crippen molar-refractivity contribution in [2.45, 2.75) is 32.4 Å². The van der Waals surface area contributed by atoms with Gasteiger partial charge in [-0.3, -0.25) is 9.59 Å². The zero-order chi connectivity index (χ0) is 24.4. The van der Waals surface area contributed by atoms with E-state index in [2.05, 4.69) is 11.4 Å². The van der Waals surface area contributed by atoms with Crippen LogP contribution in [0, 0.1) is 18.7 Å². The predicted octanol–water partition coefficient (Wildman–Crippen LogP) is 4.77. The molecule has 0 spiro atoms. The second-order valence-corrected chi connectivity index (χ2v) is 9.07. The first-order valence-electron chi connectivity index (χ1n) is 11.8. The number of hydrogen-bond acceptors (Lipinski definition) is 4. The van der Waals surface area contributed by atoms with E-state index in [0.717, 1.165) is 16.7 Å². The molecule has 2 unspecified atom stereocenters. The lowest BCUT2D eigenvalue weighted by atomic mass is 9.87. The Morgan fingerprint density at radius 2 is 1.80 bits per heavy atom. The van der Waals surface area contributed by atoms with E-state index in [1.165, 1.54) is 24.3 Å². The summed E-state index contributed by atoms with van der Waals surface area (Å²) in [7, 11) is 0. The number of carbonyl (C=O) groups excluding carboxylic acids is 2. The van der Waals surface area contributed by atoms with E-state index in [-0.39, 0.29) is 30.6 Å². The molecule has 0 radical (unpaired) electrons. The first kappa shape index (κ1) is 22.9. The molecule has 0 aromatic heterocycles. The maximum atomic E-state index is 13.5. The van der Waals surface area contributed by atoms with Crippen molar-refractivity contribution in [3.05, 3.63) is 94.8 Å². The first-order valence-corrected chi connectivity index (χ1v) is 11.8. The molecule has 7 heteroatoms. The van der Waals surface area contributed by atoms with Gasteiger partial charge in [-0.15, -0.1) is 0 Å². The fourth-order valence-electron chi connectivity index (χ4n) is 4.78. The largest absolute Gasteiger partial charge is 0.454 e. The fourth-order valence-corrected chi connectivity index (χ4v) is 4.78. The van der Waals surface area contributed by atoms with Crippen LogP contribution in [0.2, 0.25) is 0 Å². The van der Waals surface area contributed by atoms with Gasteiger partial charge < -0.3 is 19.7 Å². The van der Waals surface area contributed by atoms with Gasteiger partial charge in [-0.1, -0.05) is 35.9 Å². The van der Waals surface area contributed by atoms with Crippen LogP contribution in [0.1, 0.15) is 45.9 Å². The first-order chi connectivity index (χ1) is 17.0. The lowest BCUT2D eigenvalue weighted by molar-refractivity contribution is -0.127. The summed E-state index contributed by atoms with van der Waals surface area (Å²) >= 11 is 0. The highest BCUT2D eigenvalue weighted by Crippen LogP contribution is 2.35. The maximum Gasteiger partial charge on any atom is 0.254 e. The molecule has 2 aliphatic rings. The highest BCUT2D eigenvalue weighted by Gasteiger charge is 2.36. The van der Waals surface area contributed by atoms with Crippen molar-refractivity contribution in [1.82, 2.24) is 10.2 Å². The molecule has 1 saturated heterocycles. The Labute approximate surface area is 203 Å². The number of rotatable bonds is 5. The van der Waals surface area contributed by atoms with E-state index in [4.69, 9.17) is 9.47 Å². The van der Waals surface area contributed by atoms with Crippen LogP contribution in [0.5, 0.6) is 11.5 Å². The Hall–Kier alpha value is -3.87. The highest BCUT2D eigenvalue weighted by molar-refractivity contribution is 5.95. The number of nitrogens with zero attached hydrogens (tertiary/aromatic N) is 1. The van der Waals surface area contributed by atoms with Crippen LogP contribution in [0.3, 0.4) is 0 Å². The zero-order valence-electron chi connectivity index (χ0n) is 19.5. The van der Waals surface area contributed by atoms with Crippen LogP contribution < -0.4 is 14.8 Å². The highest BCUT2D eigenvalue weighted by atomic mass is 19.1. The minimum Gasteiger partial charge on any atom is -0.454 e. The smallest absolute Gasteiger partial charge is 0.254 e. The molecule has 1 N–H and O–H groups in total. The summed E-state index contributed by atoms with van der Waals surface area (Å²) in [5.74, 6) is 0.341. The molecule has 2 heterocycles. The van der Waals surface area contributed by atoms with Crippen molar-refractivity contribution in [2.75, 3.05) is 13.3 Å². The van der Waals surface area contributed by atoms with E-state index in [0.29, 0.717) is 43.0 Å². The van der Waals surface area contributed by atoms with Gasteiger partial charge in [0.1, 0.15) is 5.82 Å². The van der Waals surface area contributed by atoms with Gasteiger partial charge in [0.25, 0.3) is 5.91 Å².